The standard InChI is InChI=1S/C24H15Br2FN2O3S/c25-16-8-5-14(6-9-16)13-32-21-10-7-15(12-18(21)26)11-17-22(30)28-24(33)29(23(17)31)20-4-2-1-3-19(20)27/h1-12H,13H2,(H,28,30,33)/b17-11+. The minimum atomic E-state index is -0.708. The number of ether oxygens (including phenoxy) is 1. The van der Waals surface area contributed by atoms with E-state index in [9.17, 15) is 14.0 Å². The Bertz CT molecular complexity index is 1300. The molecular weight excluding hydrogens is 575 g/mol. The molecular formula is C24H15Br2FN2O3S. The van der Waals surface area contributed by atoms with Crippen LogP contribution in [0.25, 0.3) is 6.08 Å². The second-order valence-electron chi connectivity index (χ2n) is 7.01. The van der Waals surface area contributed by atoms with Crippen LogP contribution in [0.4, 0.5) is 10.1 Å². The monoisotopic (exact) mass is 588 g/mol. The smallest absolute Gasteiger partial charge is 0.270 e. The summed E-state index contributed by atoms with van der Waals surface area (Å²) in [6.45, 7) is 0.377. The minimum absolute atomic E-state index is 0.0312. The summed E-state index contributed by atoms with van der Waals surface area (Å²) >= 11 is 12.0. The van der Waals surface area contributed by atoms with Crippen LogP contribution in [0.2, 0.25) is 0 Å². The van der Waals surface area contributed by atoms with E-state index in [-0.39, 0.29) is 16.4 Å². The molecule has 1 aliphatic rings. The van der Waals surface area contributed by atoms with Crippen molar-refractivity contribution in [3.63, 3.8) is 0 Å². The summed E-state index contributed by atoms with van der Waals surface area (Å²) in [5.74, 6) is -1.38. The first-order valence-electron chi connectivity index (χ1n) is 9.66. The van der Waals surface area contributed by atoms with Gasteiger partial charge in [-0.05, 0) is 81.7 Å². The molecule has 1 aliphatic heterocycles. The van der Waals surface area contributed by atoms with E-state index in [1.165, 1.54) is 24.3 Å². The van der Waals surface area contributed by atoms with E-state index in [1.807, 2.05) is 24.3 Å². The maximum Gasteiger partial charge on any atom is 0.270 e. The number of hydrogen-bond donors (Lipinski definition) is 1. The molecule has 0 bridgehead atoms. The third-order valence-electron chi connectivity index (χ3n) is 4.77. The van der Waals surface area contributed by atoms with Crippen LogP contribution >= 0.6 is 44.1 Å². The lowest BCUT2D eigenvalue weighted by molar-refractivity contribution is -0.122. The Morgan fingerprint density at radius 1 is 1.03 bits per heavy atom. The average molecular weight is 590 g/mol. The van der Waals surface area contributed by atoms with Crippen LogP contribution in [-0.2, 0) is 16.2 Å². The first kappa shape index (κ1) is 23.3. The van der Waals surface area contributed by atoms with Crippen molar-refractivity contribution >= 4 is 72.8 Å². The number of halogens is 3. The van der Waals surface area contributed by atoms with E-state index < -0.39 is 17.6 Å². The fraction of sp³-hybridized carbons (Fsp3) is 0.0417. The molecule has 3 aromatic rings. The molecule has 0 aliphatic carbocycles. The predicted octanol–water partition coefficient (Wildman–Crippen LogP) is 5.76. The van der Waals surface area contributed by atoms with E-state index in [0.717, 1.165) is 14.9 Å². The van der Waals surface area contributed by atoms with Gasteiger partial charge < -0.3 is 4.74 Å². The van der Waals surface area contributed by atoms with Crippen LogP contribution in [-0.4, -0.2) is 16.9 Å². The van der Waals surface area contributed by atoms with Gasteiger partial charge in [0.05, 0.1) is 10.2 Å². The minimum Gasteiger partial charge on any atom is -0.488 e. The lowest BCUT2D eigenvalue weighted by Gasteiger charge is -2.29. The zero-order valence-corrected chi connectivity index (χ0v) is 20.8. The van der Waals surface area contributed by atoms with Crippen LogP contribution in [0, 0.1) is 5.82 Å². The molecule has 4 rings (SSSR count). The summed E-state index contributed by atoms with van der Waals surface area (Å²) in [5, 5.41) is 2.27. The number of para-hydroxylation sites is 1. The highest BCUT2D eigenvalue weighted by Gasteiger charge is 2.35. The topological polar surface area (TPSA) is 58.6 Å². The highest BCUT2D eigenvalue weighted by Crippen LogP contribution is 2.29. The van der Waals surface area contributed by atoms with E-state index in [1.54, 1.807) is 24.3 Å². The summed E-state index contributed by atoms with van der Waals surface area (Å²) in [7, 11) is 0. The Hall–Kier alpha value is -2.88. The second-order valence-corrected chi connectivity index (χ2v) is 9.17. The molecule has 0 spiro atoms. The largest absolute Gasteiger partial charge is 0.488 e. The first-order chi connectivity index (χ1) is 15.8. The number of nitrogens with zero attached hydrogens (tertiary/aromatic N) is 1. The molecule has 0 saturated carbocycles. The summed E-state index contributed by atoms with van der Waals surface area (Å²) in [6.07, 6.45) is 1.43. The van der Waals surface area contributed by atoms with Gasteiger partial charge >= 0.3 is 0 Å². The number of amides is 2. The van der Waals surface area contributed by atoms with Gasteiger partial charge in [-0.3, -0.25) is 14.9 Å². The van der Waals surface area contributed by atoms with Crippen molar-refractivity contribution in [2.24, 2.45) is 0 Å². The van der Waals surface area contributed by atoms with Crippen molar-refractivity contribution in [1.82, 2.24) is 5.32 Å². The fourth-order valence-electron chi connectivity index (χ4n) is 3.14. The Morgan fingerprint density at radius 3 is 2.45 bits per heavy atom. The number of hydrogen-bond acceptors (Lipinski definition) is 4. The van der Waals surface area contributed by atoms with Gasteiger partial charge in [-0.2, -0.15) is 0 Å². The van der Waals surface area contributed by atoms with Gasteiger partial charge in [-0.1, -0.05) is 46.3 Å². The molecule has 166 valence electrons. The molecule has 9 heteroatoms. The van der Waals surface area contributed by atoms with E-state index >= 15 is 0 Å². The van der Waals surface area contributed by atoms with Crippen LogP contribution in [0.3, 0.4) is 0 Å². The summed E-state index contributed by atoms with van der Waals surface area (Å²) in [5.41, 5.74) is 1.39. The Balaban J connectivity index is 1.57. The van der Waals surface area contributed by atoms with Crippen LogP contribution in [0.15, 0.2) is 81.2 Å². The van der Waals surface area contributed by atoms with E-state index in [2.05, 4.69) is 37.2 Å². The number of benzene rings is 3. The van der Waals surface area contributed by atoms with Crippen molar-refractivity contribution < 1.29 is 18.7 Å². The van der Waals surface area contributed by atoms with Gasteiger partial charge in [0.15, 0.2) is 5.11 Å². The molecule has 2 amide bonds. The Kier molecular flexibility index (Phi) is 7.02. The molecule has 0 aromatic heterocycles. The van der Waals surface area contributed by atoms with Gasteiger partial charge in [0.2, 0.25) is 0 Å². The number of rotatable bonds is 5. The number of carbonyl (C=O) groups excluding carboxylic acids is 2. The maximum absolute atomic E-state index is 14.3. The van der Waals surface area contributed by atoms with E-state index in [4.69, 9.17) is 17.0 Å². The normalized spacial score (nSPS) is 15.1. The van der Waals surface area contributed by atoms with Crippen molar-refractivity contribution in [3.8, 4) is 5.75 Å². The van der Waals surface area contributed by atoms with Crippen molar-refractivity contribution in [3.05, 3.63) is 98.2 Å². The maximum atomic E-state index is 14.3. The number of nitrogens with one attached hydrogen (secondary N) is 1. The zero-order valence-electron chi connectivity index (χ0n) is 16.8. The summed E-state index contributed by atoms with van der Waals surface area (Å²) < 4.78 is 21.8. The Morgan fingerprint density at radius 2 is 1.76 bits per heavy atom. The molecule has 1 fully saturated rings. The number of thiocarbonyl (C=S) groups is 1. The van der Waals surface area contributed by atoms with Crippen LogP contribution < -0.4 is 15.0 Å². The summed E-state index contributed by atoms with van der Waals surface area (Å²) in [6, 6.07) is 18.7. The van der Waals surface area contributed by atoms with Crippen molar-refractivity contribution in [2.75, 3.05) is 4.90 Å². The number of carbonyl (C=O) groups is 2. The predicted molar refractivity (Wildman–Crippen MR) is 135 cm³/mol. The van der Waals surface area contributed by atoms with Gasteiger partial charge in [-0.15, -0.1) is 0 Å². The molecule has 0 atom stereocenters. The van der Waals surface area contributed by atoms with Crippen molar-refractivity contribution in [2.45, 2.75) is 6.61 Å². The molecule has 33 heavy (non-hydrogen) atoms. The third kappa shape index (κ3) is 5.21. The first-order valence-corrected chi connectivity index (χ1v) is 11.7. The van der Waals surface area contributed by atoms with Gasteiger partial charge in [0, 0.05) is 4.47 Å². The molecule has 0 unspecified atom stereocenters. The molecule has 1 saturated heterocycles. The highest BCUT2D eigenvalue weighted by atomic mass is 79.9. The second kappa shape index (κ2) is 9.94. The molecule has 5 nitrogen and oxygen atoms in total. The Labute approximate surface area is 211 Å². The fourth-order valence-corrected chi connectivity index (χ4v) is 4.19. The summed E-state index contributed by atoms with van der Waals surface area (Å²) in [4.78, 5) is 26.5. The lowest BCUT2D eigenvalue weighted by atomic mass is 10.1. The molecule has 1 N–H and O–H groups in total. The number of anilines is 1. The average Bonchev–Trinajstić information content (AvgIpc) is 2.78. The molecule has 0 radical (unpaired) electrons. The van der Waals surface area contributed by atoms with Gasteiger partial charge in [0.25, 0.3) is 11.8 Å². The lowest BCUT2D eigenvalue weighted by Crippen LogP contribution is -2.54. The van der Waals surface area contributed by atoms with Crippen LogP contribution in [0.1, 0.15) is 11.1 Å². The van der Waals surface area contributed by atoms with Gasteiger partial charge in [-0.25, -0.2) is 9.29 Å². The molecule has 1 heterocycles. The van der Waals surface area contributed by atoms with Gasteiger partial charge in [0.1, 0.15) is 23.7 Å². The van der Waals surface area contributed by atoms with E-state index in [0.29, 0.717) is 22.4 Å². The van der Waals surface area contributed by atoms with Crippen molar-refractivity contribution in [1.29, 1.82) is 0 Å². The zero-order chi connectivity index (χ0) is 23.5. The quantitative estimate of drug-likeness (QED) is 0.233. The van der Waals surface area contributed by atoms with Crippen LogP contribution in [0.5, 0.6) is 5.75 Å². The third-order valence-corrected chi connectivity index (χ3v) is 6.20. The molecule has 3 aromatic carbocycles. The highest BCUT2D eigenvalue weighted by molar-refractivity contribution is 9.10. The SMILES string of the molecule is O=C1NC(=S)N(c2ccccc2F)C(=O)/C1=C/c1ccc(OCc2ccc(Br)cc2)c(Br)c1.